The van der Waals surface area contributed by atoms with Crippen molar-refractivity contribution in [2.75, 3.05) is 25.1 Å². The lowest BCUT2D eigenvalue weighted by Crippen LogP contribution is -2.35. The number of aromatic nitrogens is 1. The van der Waals surface area contributed by atoms with E-state index in [4.69, 9.17) is 9.72 Å². The SMILES string of the molecule is CCCc1nc(N2CCC(OC)C2)sc1CNC(C)(C)C. The summed E-state index contributed by atoms with van der Waals surface area (Å²) in [7, 11) is 1.80. The molecule has 2 heterocycles. The number of aryl methyl sites for hydroxylation is 1. The molecule has 0 saturated carbocycles. The lowest BCUT2D eigenvalue weighted by Gasteiger charge is -2.20. The molecule has 120 valence electrons. The monoisotopic (exact) mass is 311 g/mol. The lowest BCUT2D eigenvalue weighted by atomic mass is 10.1. The molecule has 0 aliphatic carbocycles. The Morgan fingerprint density at radius 1 is 1.43 bits per heavy atom. The smallest absolute Gasteiger partial charge is 0.185 e. The van der Waals surface area contributed by atoms with Crippen LogP contribution in [0.1, 0.15) is 51.1 Å². The summed E-state index contributed by atoms with van der Waals surface area (Å²) in [6, 6.07) is 0. The molecule has 1 N–H and O–H groups in total. The fraction of sp³-hybridized carbons (Fsp3) is 0.812. The third kappa shape index (κ3) is 4.66. The Morgan fingerprint density at radius 2 is 2.19 bits per heavy atom. The van der Waals surface area contributed by atoms with Crippen molar-refractivity contribution >= 4 is 16.5 Å². The minimum Gasteiger partial charge on any atom is -0.380 e. The first-order valence-corrected chi connectivity index (χ1v) is 8.76. The van der Waals surface area contributed by atoms with Gasteiger partial charge in [-0.15, -0.1) is 11.3 Å². The topological polar surface area (TPSA) is 37.4 Å². The number of hydrogen-bond acceptors (Lipinski definition) is 5. The van der Waals surface area contributed by atoms with Gasteiger partial charge in [0.05, 0.1) is 11.8 Å². The Balaban J connectivity index is 2.09. The van der Waals surface area contributed by atoms with Crippen molar-refractivity contribution in [1.82, 2.24) is 10.3 Å². The van der Waals surface area contributed by atoms with Crippen molar-refractivity contribution in [3.63, 3.8) is 0 Å². The highest BCUT2D eigenvalue weighted by molar-refractivity contribution is 7.15. The van der Waals surface area contributed by atoms with Gasteiger partial charge in [0.1, 0.15) is 0 Å². The summed E-state index contributed by atoms with van der Waals surface area (Å²) in [6.45, 7) is 11.8. The number of thiazole rings is 1. The molecule has 0 aromatic carbocycles. The van der Waals surface area contributed by atoms with Crippen molar-refractivity contribution in [2.24, 2.45) is 0 Å². The van der Waals surface area contributed by atoms with E-state index in [9.17, 15) is 0 Å². The fourth-order valence-electron chi connectivity index (χ4n) is 2.51. The number of methoxy groups -OCH3 is 1. The molecule has 0 amide bonds. The summed E-state index contributed by atoms with van der Waals surface area (Å²) in [5.41, 5.74) is 1.41. The highest BCUT2D eigenvalue weighted by Crippen LogP contribution is 2.30. The molecule has 1 saturated heterocycles. The molecular weight excluding hydrogens is 282 g/mol. The second kappa shape index (κ2) is 7.07. The molecule has 0 bridgehead atoms. The Morgan fingerprint density at radius 3 is 2.76 bits per heavy atom. The number of nitrogens with one attached hydrogen (secondary N) is 1. The number of hydrogen-bond donors (Lipinski definition) is 1. The van der Waals surface area contributed by atoms with Crippen LogP contribution in [0.4, 0.5) is 5.13 Å². The van der Waals surface area contributed by atoms with Crippen LogP contribution in [0.2, 0.25) is 0 Å². The molecule has 1 atom stereocenters. The molecule has 21 heavy (non-hydrogen) atoms. The van der Waals surface area contributed by atoms with E-state index < -0.39 is 0 Å². The molecule has 1 unspecified atom stereocenters. The third-order valence-corrected chi connectivity index (χ3v) is 4.94. The van der Waals surface area contributed by atoms with E-state index in [-0.39, 0.29) is 5.54 Å². The maximum absolute atomic E-state index is 5.46. The van der Waals surface area contributed by atoms with Gasteiger partial charge in [-0.25, -0.2) is 4.98 Å². The van der Waals surface area contributed by atoms with Gasteiger partial charge in [0.2, 0.25) is 0 Å². The summed E-state index contributed by atoms with van der Waals surface area (Å²) >= 11 is 1.85. The minimum atomic E-state index is 0.141. The molecule has 5 heteroatoms. The largest absolute Gasteiger partial charge is 0.380 e. The molecule has 1 aliphatic rings. The maximum atomic E-state index is 5.46. The van der Waals surface area contributed by atoms with E-state index in [1.54, 1.807) is 7.11 Å². The predicted octanol–water partition coefficient (Wildman–Crippen LogP) is 3.21. The molecule has 0 spiro atoms. The van der Waals surface area contributed by atoms with Crippen LogP contribution in [0.25, 0.3) is 0 Å². The summed E-state index contributed by atoms with van der Waals surface area (Å²) in [5, 5.41) is 4.76. The molecule has 1 aromatic rings. The van der Waals surface area contributed by atoms with Crippen LogP contribution in [-0.4, -0.2) is 36.8 Å². The fourth-order valence-corrected chi connectivity index (χ4v) is 3.60. The Hall–Kier alpha value is -0.650. The van der Waals surface area contributed by atoms with Crippen molar-refractivity contribution in [3.8, 4) is 0 Å². The van der Waals surface area contributed by atoms with Crippen LogP contribution in [-0.2, 0) is 17.7 Å². The van der Waals surface area contributed by atoms with Gasteiger partial charge in [-0.1, -0.05) is 13.3 Å². The van der Waals surface area contributed by atoms with Crippen molar-refractivity contribution in [3.05, 3.63) is 10.6 Å². The van der Waals surface area contributed by atoms with Crippen LogP contribution in [0.5, 0.6) is 0 Å². The molecule has 0 radical (unpaired) electrons. The lowest BCUT2D eigenvalue weighted by molar-refractivity contribution is 0.121. The van der Waals surface area contributed by atoms with E-state index in [0.717, 1.165) is 38.9 Å². The molecule has 1 aromatic heterocycles. The predicted molar refractivity (Wildman–Crippen MR) is 90.3 cm³/mol. The summed E-state index contributed by atoms with van der Waals surface area (Å²) in [6.07, 6.45) is 3.68. The second-order valence-electron chi connectivity index (χ2n) is 6.81. The van der Waals surface area contributed by atoms with Gasteiger partial charge in [0.25, 0.3) is 0 Å². The van der Waals surface area contributed by atoms with Crippen molar-refractivity contribution < 1.29 is 4.74 Å². The first kappa shape index (κ1) is 16.7. The van der Waals surface area contributed by atoms with Gasteiger partial charge in [0.15, 0.2) is 5.13 Å². The van der Waals surface area contributed by atoms with E-state index in [0.29, 0.717) is 6.10 Å². The van der Waals surface area contributed by atoms with Gasteiger partial charge < -0.3 is 15.0 Å². The third-order valence-electron chi connectivity index (χ3n) is 3.78. The normalized spacial score (nSPS) is 19.5. The van der Waals surface area contributed by atoms with E-state index in [1.165, 1.54) is 15.7 Å². The van der Waals surface area contributed by atoms with Gasteiger partial charge >= 0.3 is 0 Å². The number of anilines is 1. The molecule has 1 fully saturated rings. The minimum absolute atomic E-state index is 0.141. The number of ether oxygens (including phenoxy) is 1. The summed E-state index contributed by atoms with van der Waals surface area (Å²) < 4.78 is 5.46. The molecular formula is C16H29N3OS. The second-order valence-corrected chi connectivity index (χ2v) is 7.87. The van der Waals surface area contributed by atoms with Crippen LogP contribution < -0.4 is 10.2 Å². The molecule has 4 nitrogen and oxygen atoms in total. The summed E-state index contributed by atoms with van der Waals surface area (Å²) in [4.78, 5) is 8.67. The summed E-state index contributed by atoms with van der Waals surface area (Å²) in [5.74, 6) is 0. The quantitative estimate of drug-likeness (QED) is 0.875. The van der Waals surface area contributed by atoms with E-state index >= 15 is 0 Å². The maximum Gasteiger partial charge on any atom is 0.185 e. The van der Waals surface area contributed by atoms with E-state index in [2.05, 4.69) is 37.9 Å². The Labute approximate surface area is 132 Å². The molecule has 1 aliphatic heterocycles. The zero-order chi connectivity index (χ0) is 15.5. The first-order chi connectivity index (χ1) is 9.93. The Kier molecular flexibility index (Phi) is 5.63. The standard InChI is InChI=1S/C16H29N3OS/c1-6-7-13-14(10-17-16(2,3)4)21-15(18-13)19-9-8-12(11-19)20-5/h12,17H,6-11H2,1-5H3. The van der Waals surface area contributed by atoms with Gasteiger partial charge in [0, 0.05) is 37.2 Å². The van der Waals surface area contributed by atoms with Gasteiger partial charge in [-0.2, -0.15) is 0 Å². The van der Waals surface area contributed by atoms with Crippen molar-refractivity contribution in [1.29, 1.82) is 0 Å². The van der Waals surface area contributed by atoms with Gasteiger partial charge in [-0.3, -0.25) is 0 Å². The Bertz CT molecular complexity index is 453. The number of nitrogens with zero attached hydrogens (tertiary/aromatic N) is 2. The zero-order valence-corrected chi connectivity index (χ0v) is 14.8. The van der Waals surface area contributed by atoms with Crippen LogP contribution >= 0.6 is 11.3 Å². The highest BCUT2D eigenvalue weighted by atomic mass is 32.1. The van der Waals surface area contributed by atoms with Crippen molar-refractivity contribution in [2.45, 2.75) is 65.1 Å². The average Bonchev–Trinajstić information content (AvgIpc) is 3.02. The zero-order valence-electron chi connectivity index (χ0n) is 14.0. The van der Waals surface area contributed by atoms with Crippen LogP contribution in [0, 0.1) is 0 Å². The molecule has 2 rings (SSSR count). The number of rotatable bonds is 6. The van der Waals surface area contributed by atoms with E-state index in [1.807, 2.05) is 11.3 Å². The van der Waals surface area contributed by atoms with Crippen LogP contribution in [0.15, 0.2) is 0 Å². The van der Waals surface area contributed by atoms with Gasteiger partial charge in [-0.05, 0) is 33.6 Å². The first-order valence-electron chi connectivity index (χ1n) is 7.94. The van der Waals surface area contributed by atoms with Crippen LogP contribution in [0.3, 0.4) is 0 Å². The average molecular weight is 311 g/mol. The highest BCUT2D eigenvalue weighted by Gasteiger charge is 2.25.